The normalized spacial score (nSPS) is 14.4. The van der Waals surface area contributed by atoms with Crippen LogP contribution in [0.1, 0.15) is 43.5 Å². The second-order valence-electron chi connectivity index (χ2n) is 5.21. The molecule has 1 atom stereocenters. The predicted molar refractivity (Wildman–Crippen MR) is 72.0 cm³/mol. The van der Waals surface area contributed by atoms with E-state index in [1.54, 1.807) is 6.92 Å². The highest BCUT2D eigenvalue weighted by molar-refractivity contribution is 5.35. The molecule has 3 N–H and O–H groups in total. The van der Waals surface area contributed by atoms with Gasteiger partial charge in [-0.25, -0.2) is 0 Å². The third kappa shape index (κ3) is 3.71. The summed E-state index contributed by atoms with van der Waals surface area (Å²) in [6, 6.07) is 3.24. The van der Waals surface area contributed by atoms with Crippen molar-refractivity contribution in [1.29, 1.82) is 0 Å². The molecule has 0 amide bonds. The summed E-state index contributed by atoms with van der Waals surface area (Å²) in [5, 5.41) is 0. The van der Waals surface area contributed by atoms with E-state index in [1.165, 1.54) is 6.07 Å². The molecule has 0 aliphatic heterocycles. The minimum atomic E-state index is -4.34. The number of aryl methyl sites for hydroxylation is 1. The summed E-state index contributed by atoms with van der Waals surface area (Å²) in [6.07, 6.45) is -4.34. The summed E-state index contributed by atoms with van der Waals surface area (Å²) in [5.74, 6) is 5.56. The number of nitrogens with two attached hydrogens (primary N) is 1. The maximum absolute atomic E-state index is 12.7. The van der Waals surface area contributed by atoms with Crippen LogP contribution >= 0.6 is 0 Å². The fraction of sp³-hybridized carbons (Fsp3) is 0.571. The fourth-order valence-electron chi connectivity index (χ4n) is 2.30. The number of ether oxygens (including phenoxy) is 1. The topological polar surface area (TPSA) is 47.3 Å². The Morgan fingerprint density at radius 1 is 1.30 bits per heavy atom. The van der Waals surface area contributed by atoms with Gasteiger partial charge in [0.25, 0.3) is 0 Å². The molecule has 20 heavy (non-hydrogen) atoms. The van der Waals surface area contributed by atoms with E-state index in [1.807, 2.05) is 20.8 Å². The second kappa shape index (κ2) is 6.11. The molecular formula is C14H21F3N2O. The Hall–Kier alpha value is -1.11. The smallest absolute Gasteiger partial charge is 0.374 e. The highest BCUT2D eigenvalue weighted by Crippen LogP contribution is 2.34. The van der Waals surface area contributed by atoms with Crippen LogP contribution in [0.25, 0.3) is 0 Å². The lowest BCUT2D eigenvalue weighted by atomic mass is 9.88. The molecule has 0 radical (unpaired) electrons. The Morgan fingerprint density at radius 2 is 1.90 bits per heavy atom. The van der Waals surface area contributed by atoms with Gasteiger partial charge in [0.05, 0.1) is 17.2 Å². The van der Waals surface area contributed by atoms with Gasteiger partial charge < -0.3 is 4.74 Å². The number of hydrogen-bond donors (Lipinski definition) is 2. The first-order valence-corrected chi connectivity index (χ1v) is 6.41. The van der Waals surface area contributed by atoms with E-state index < -0.39 is 23.4 Å². The van der Waals surface area contributed by atoms with Crippen LogP contribution in [0.2, 0.25) is 0 Å². The molecule has 1 unspecified atom stereocenters. The van der Waals surface area contributed by atoms with E-state index in [4.69, 9.17) is 10.6 Å². The molecular weight excluding hydrogens is 269 g/mol. The van der Waals surface area contributed by atoms with Gasteiger partial charge in [0.2, 0.25) is 0 Å². The molecule has 1 aromatic carbocycles. The highest BCUT2D eigenvalue weighted by Gasteiger charge is 2.34. The van der Waals surface area contributed by atoms with Crippen LogP contribution in [-0.2, 0) is 10.9 Å². The summed E-state index contributed by atoms with van der Waals surface area (Å²) in [4.78, 5) is 0. The van der Waals surface area contributed by atoms with Gasteiger partial charge in [0, 0.05) is 6.61 Å². The number of alkyl halides is 3. The van der Waals surface area contributed by atoms with E-state index >= 15 is 0 Å². The van der Waals surface area contributed by atoms with Crippen molar-refractivity contribution in [2.45, 2.75) is 45.5 Å². The first-order valence-electron chi connectivity index (χ1n) is 6.41. The molecule has 1 aromatic rings. The van der Waals surface area contributed by atoms with Crippen LogP contribution in [0, 0.1) is 6.92 Å². The fourth-order valence-corrected chi connectivity index (χ4v) is 2.30. The summed E-state index contributed by atoms with van der Waals surface area (Å²) in [5.41, 5.74) is 2.56. The molecule has 3 nitrogen and oxygen atoms in total. The van der Waals surface area contributed by atoms with Crippen molar-refractivity contribution < 1.29 is 17.9 Å². The monoisotopic (exact) mass is 290 g/mol. The minimum absolute atomic E-state index is 0.398. The molecule has 0 aliphatic rings. The molecule has 6 heteroatoms. The van der Waals surface area contributed by atoms with Crippen LogP contribution < -0.4 is 11.3 Å². The van der Waals surface area contributed by atoms with Crippen LogP contribution in [-0.4, -0.2) is 12.2 Å². The van der Waals surface area contributed by atoms with Crippen molar-refractivity contribution in [3.63, 3.8) is 0 Å². The average molecular weight is 290 g/mol. The first kappa shape index (κ1) is 16.9. The molecule has 0 spiro atoms. The SMILES string of the molecule is CCOC(C)(C)C(NN)c1ccc(C(F)(F)F)cc1C. The zero-order valence-electron chi connectivity index (χ0n) is 12.1. The number of rotatable bonds is 5. The Morgan fingerprint density at radius 3 is 2.30 bits per heavy atom. The van der Waals surface area contributed by atoms with Crippen LogP contribution in [0.5, 0.6) is 0 Å². The zero-order chi connectivity index (χ0) is 15.6. The van der Waals surface area contributed by atoms with Crippen molar-refractivity contribution in [2.75, 3.05) is 6.61 Å². The van der Waals surface area contributed by atoms with Gasteiger partial charge in [-0.05, 0) is 51.0 Å². The quantitative estimate of drug-likeness (QED) is 0.646. The second-order valence-corrected chi connectivity index (χ2v) is 5.21. The van der Waals surface area contributed by atoms with Crippen LogP contribution in [0.4, 0.5) is 13.2 Å². The Labute approximate surface area is 117 Å². The number of halogens is 3. The zero-order valence-corrected chi connectivity index (χ0v) is 12.1. The van der Waals surface area contributed by atoms with Gasteiger partial charge >= 0.3 is 6.18 Å². The largest absolute Gasteiger partial charge is 0.416 e. The molecule has 0 saturated carbocycles. The van der Waals surface area contributed by atoms with Crippen LogP contribution in [0.15, 0.2) is 18.2 Å². The number of nitrogens with one attached hydrogen (secondary N) is 1. The summed E-state index contributed by atoms with van der Waals surface area (Å²) in [7, 11) is 0. The first-order chi connectivity index (χ1) is 9.13. The lowest BCUT2D eigenvalue weighted by molar-refractivity contribution is -0.137. The maximum Gasteiger partial charge on any atom is 0.416 e. The van der Waals surface area contributed by atoms with E-state index in [9.17, 15) is 13.2 Å². The average Bonchev–Trinajstić information content (AvgIpc) is 2.30. The molecule has 0 aliphatic carbocycles. The molecule has 114 valence electrons. The standard InChI is InChI=1S/C14H21F3N2O/c1-5-20-13(3,4)12(19-18)11-7-6-10(8-9(11)2)14(15,16)17/h6-8,12,19H,5,18H2,1-4H3. The van der Waals surface area contributed by atoms with Gasteiger partial charge in [-0.2, -0.15) is 13.2 Å². The van der Waals surface area contributed by atoms with Gasteiger partial charge in [-0.15, -0.1) is 0 Å². The van der Waals surface area contributed by atoms with Gasteiger partial charge in [-0.3, -0.25) is 11.3 Å². The number of hydrogen-bond acceptors (Lipinski definition) is 3. The van der Waals surface area contributed by atoms with Crippen molar-refractivity contribution in [3.8, 4) is 0 Å². The van der Waals surface area contributed by atoms with Crippen molar-refractivity contribution in [2.24, 2.45) is 5.84 Å². The highest BCUT2D eigenvalue weighted by atomic mass is 19.4. The number of benzene rings is 1. The van der Waals surface area contributed by atoms with Gasteiger partial charge in [0.1, 0.15) is 0 Å². The summed E-state index contributed by atoms with van der Waals surface area (Å²) >= 11 is 0. The minimum Gasteiger partial charge on any atom is -0.374 e. The lowest BCUT2D eigenvalue weighted by Crippen LogP contribution is -2.45. The Kier molecular flexibility index (Phi) is 5.18. The van der Waals surface area contributed by atoms with Crippen molar-refractivity contribution in [1.82, 2.24) is 5.43 Å². The van der Waals surface area contributed by atoms with Crippen LogP contribution in [0.3, 0.4) is 0 Å². The summed E-state index contributed by atoms with van der Waals surface area (Å²) < 4.78 is 43.6. The van der Waals surface area contributed by atoms with E-state index in [2.05, 4.69) is 5.43 Å². The van der Waals surface area contributed by atoms with E-state index in [0.717, 1.165) is 12.1 Å². The molecule has 1 rings (SSSR count). The molecule has 0 saturated heterocycles. The number of hydrazine groups is 1. The molecule has 0 fully saturated rings. The van der Waals surface area contributed by atoms with E-state index in [-0.39, 0.29) is 0 Å². The third-order valence-corrected chi connectivity index (χ3v) is 3.29. The summed E-state index contributed by atoms with van der Waals surface area (Å²) in [6.45, 7) is 7.67. The van der Waals surface area contributed by atoms with Gasteiger partial charge in [0.15, 0.2) is 0 Å². The van der Waals surface area contributed by atoms with E-state index in [0.29, 0.717) is 17.7 Å². The predicted octanol–water partition coefficient (Wildman–Crippen LogP) is 3.33. The Balaban J connectivity index is 3.18. The Bertz CT molecular complexity index is 458. The van der Waals surface area contributed by atoms with Crippen molar-refractivity contribution in [3.05, 3.63) is 34.9 Å². The third-order valence-electron chi connectivity index (χ3n) is 3.29. The molecule has 0 aromatic heterocycles. The maximum atomic E-state index is 12.7. The molecule has 0 heterocycles. The molecule has 0 bridgehead atoms. The van der Waals surface area contributed by atoms with Crippen molar-refractivity contribution >= 4 is 0 Å². The van der Waals surface area contributed by atoms with Gasteiger partial charge in [-0.1, -0.05) is 6.07 Å². The lowest BCUT2D eigenvalue weighted by Gasteiger charge is -2.35.